The van der Waals surface area contributed by atoms with Crippen LogP contribution in [0.5, 0.6) is 5.75 Å². The predicted molar refractivity (Wildman–Crippen MR) is 110 cm³/mol. The standard InChI is InChI=1S/C22H23F4N3O4/c1-9-8-28-14(19(27)30)7-13(9)29-20(31)18-15(10(2)22(3,4)33-18)11-5-6-12(23)16(24)17(11)32-21(25)26/h5-8,10,15,18,21H,1-4H3,(H2,27,30)(H,28,29,31)/t10-,15-,18+/m0/s1. The summed E-state index contributed by atoms with van der Waals surface area (Å²) in [6.07, 6.45) is 0.0728. The molecule has 1 fully saturated rings. The van der Waals surface area contributed by atoms with Crippen molar-refractivity contribution in [1.29, 1.82) is 0 Å². The number of nitrogens with two attached hydrogens (primary N) is 1. The molecule has 3 rings (SSSR count). The first-order chi connectivity index (χ1) is 15.3. The van der Waals surface area contributed by atoms with E-state index in [0.717, 1.165) is 12.1 Å². The summed E-state index contributed by atoms with van der Waals surface area (Å²) in [6.45, 7) is 3.30. The van der Waals surface area contributed by atoms with Crippen LogP contribution in [0.25, 0.3) is 0 Å². The minimum absolute atomic E-state index is 0.0817. The van der Waals surface area contributed by atoms with Gasteiger partial charge in [0.15, 0.2) is 11.6 Å². The molecule has 0 spiro atoms. The summed E-state index contributed by atoms with van der Waals surface area (Å²) in [4.78, 5) is 28.5. The van der Waals surface area contributed by atoms with Crippen LogP contribution >= 0.6 is 0 Å². The molecule has 178 valence electrons. The molecule has 0 bridgehead atoms. The van der Waals surface area contributed by atoms with Gasteiger partial charge in [-0.3, -0.25) is 14.6 Å². The number of hydrogen-bond acceptors (Lipinski definition) is 5. The van der Waals surface area contributed by atoms with Crippen molar-refractivity contribution in [2.75, 3.05) is 5.32 Å². The second-order valence-electron chi connectivity index (χ2n) is 8.35. The first-order valence-corrected chi connectivity index (χ1v) is 10.0. The molecule has 1 aliphatic rings. The lowest BCUT2D eigenvalue weighted by molar-refractivity contribution is -0.131. The van der Waals surface area contributed by atoms with E-state index in [1.165, 1.54) is 12.3 Å². The highest BCUT2D eigenvalue weighted by atomic mass is 19.3. The molecule has 11 heteroatoms. The maximum atomic E-state index is 14.4. The summed E-state index contributed by atoms with van der Waals surface area (Å²) >= 11 is 0. The van der Waals surface area contributed by atoms with E-state index < -0.39 is 59.4 Å². The largest absolute Gasteiger partial charge is 0.431 e. The van der Waals surface area contributed by atoms with Gasteiger partial charge in [-0.2, -0.15) is 13.2 Å². The van der Waals surface area contributed by atoms with E-state index >= 15 is 0 Å². The van der Waals surface area contributed by atoms with Crippen LogP contribution in [-0.2, 0) is 9.53 Å². The van der Waals surface area contributed by atoms with E-state index in [-0.39, 0.29) is 16.9 Å². The number of hydrogen-bond donors (Lipinski definition) is 2. The first-order valence-electron chi connectivity index (χ1n) is 10.0. The SMILES string of the molecule is Cc1cnc(C(N)=O)cc1NC(=O)[C@@H]1OC(C)(C)[C@@H](C)[C@H]1c1ccc(F)c(F)c1OC(F)F. The molecule has 3 atom stereocenters. The molecule has 1 aliphatic heterocycles. The van der Waals surface area contributed by atoms with Crippen LogP contribution in [0.2, 0.25) is 0 Å². The van der Waals surface area contributed by atoms with Gasteiger partial charge in [0, 0.05) is 23.4 Å². The summed E-state index contributed by atoms with van der Waals surface area (Å²) in [5.41, 5.74) is 4.86. The number of ether oxygens (including phenoxy) is 2. The van der Waals surface area contributed by atoms with Crippen molar-refractivity contribution in [2.24, 2.45) is 11.7 Å². The van der Waals surface area contributed by atoms with Gasteiger partial charge < -0.3 is 20.5 Å². The zero-order valence-corrected chi connectivity index (χ0v) is 18.3. The molecule has 1 saturated heterocycles. The van der Waals surface area contributed by atoms with E-state index in [0.29, 0.717) is 5.56 Å². The van der Waals surface area contributed by atoms with Crippen LogP contribution in [0, 0.1) is 24.5 Å². The lowest BCUT2D eigenvalue weighted by atomic mass is 9.78. The number of carbonyl (C=O) groups excluding carboxylic acids is 2. The van der Waals surface area contributed by atoms with Gasteiger partial charge in [0.2, 0.25) is 5.82 Å². The van der Waals surface area contributed by atoms with E-state index in [1.807, 2.05) is 0 Å². The quantitative estimate of drug-likeness (QED) is 0.625. The highest BCUT2D eigenvalue weighted by Gasteiger charge is 2.52. The third-order valence-electron chi connectivity index (χ3n) is 5.91. The molecule has 2 aromatic rings. The number of alkyl halides is 2. The summed E-state index contributed by atoms with van der Waals surface area (Å²) < 4.78 is 64.4. The number of nitrogens with one attached hydrogen (secondary N) is 1. The Morgan fingerprint density at radius 1 is 1.27 bits per heavy atom. The zero-order valence-electron chi connectivity index (χ0n) is 18.3. The van der Waals surface area contributed by atoms with Crippen molar-refractivity contribution in [3.63, 3.8) is 0 Å². The first kappa shape index (κ1) is 24.4. The Bertz CT molecular complexity index is 1090. The maximum absolute atomic E-state index is 14.4. The number of aryl methyl sites for hydroxylation is 1. The van der Waals surface area contributed by atoms with Crippen molar-refractivity contribution < 1.29 is 36.6 Å². The van der Waals surface area contributed by atoms with E-state index in [2.05, 4.69) is 15.0 Å². The summed E-state index contributed by atoms with van der Waals surface area (Å²) in [5.74, 6) is -6.86. The average Bonchev–Trinajstić information content (AvgIpc) is 2.96. The number of carbonyl (C=O) groups is 2. The highest BCUT2D eigenvalue weighted by molar-refractivity contribution is 5.98. The molecule has 33 heavy (non-hydrogen) atoms. The fraction of sp³-hybridized carbons (Fsp3) is 0.409. The van der Waals surface area contributed by atoms with Crippen molar-refractivity contribution in [2.45, 2.75) is 51.9 Å². The minimum atomic E-state index is -3.41. The van der Waals surface area contributed by atoms with Crippen LogP contribution in [0.1, 0.15) is 48.3 Å². The molecule has 2 amide bonds. The number of amides is 2. The van der Waals surface area contributed by atoms with Gasteiger partial charge in [-0.1, -0.05) is 13.0 Å². The van der Waals surface area contributed by atoms with Gasteiger partial charge in [0.1, 0.15) is 11.8 Å². The molecule has 0 radical (unpaired) electrons. The number of aromatic nitrogens is 1. The third kappa shape index (κ3) is 4.77. The minimum Gasteiger partial charge on any atom is -0.431 e. The number of halogens is 4. The number of benzene rings is 1. The van der Waals surface area contributed by atoms with Crippen molar-refractivity contribution in [3.05, 3.63) is 52.9 Å². The molecule has 2 heterocycles. The number of rotatable bonds is 6. The van der Waals surface area contributed by atoms with Crippen LogP contribution in [-0.4, -0.2) is 35.1 Å². The monoisotopic (exact) mass is 469 g/mol. The Morgan fingerprint density at radius 2 is 1.94 bits per heavy atom. The molecule has 0 aliphatic carbocycles. The molecular formula is C22H23F4N3O4. The van der Waals surface area contributed by atoms with Crippen LogP contribution in [0.3, 0.4) is 0 Å². The van der Waals surface area contributed by atoms with Crippen LogP contribution < -0.4 is 15.8 Å². The molecule has 0 unspecified atom stereocenters. The van der Waals surface area contributed by atoms with Crippen LogP contribution in [0.15, 0.2) is 24.4 Å². The Labute approximate surface area is 187 Å². The second kappa shape index (κ2) is 8.97. The van der Waals surface area contributed by atoms with Crippen molar-refractivity contribution >= 4 is 17.5 Å². The van der Waals surface area contributed by atoms with E-state index in [4.69, 9.17) is 10.5 Å². The van der Waals surface area contributed by atoms with Gasteiger partial charge in [-0.05, 0) is 44.4 Å². The maximum Gasteiger partial charge on any atom is 0.387 e. The smallest absolute Gasteiger partial charge is 0.387 e. The number of pyridine rings is 1. The summed E-state index contributed by atoms with van der Waals surface area (Å²) in [5, 5.41) is 2.62. The van der Waals surface area contributed by atoms with Gasteiger partial charge in [-0.25, -0.2) is 4.39 Å². The predicted octanol–water partition coefficient (Wildman–Crippen LogP) is 3.90. The number of anilines is 1. The van der Waals surface area contributed by atoms with Gasteiger partial charge in [-0.15, -0.1) is 0 Å². The summed E-state index contributed by atoms with van der Waals surface area (Å²) in [6, 6.07) is 3.17. The summed E-state index contributed by atoms with van der Waals surface area (Å²) in [7, 11) is 0. The molecule has 7 nitrogen and oxygen atoms in total. The lowest BCUT2D eigenvalue weighted by Crippen LogP contribution is -2.33. The van der Waals surface area contributed by atoms with Gasteiger partial charge >= 0.3 is 6.61 Å². The molecule has 3 N–H and O–H groups in total. The average molecular weight is 469 g/mol. The van der Waals surface area contributed by atoms with Crippen LogP contribution in [0.4, 0.5) is 23.2 Å². The lowest BCUT2D eigenvalue weighted by Gasteiger charge is -2.26. The number of primary amides is 1. The molecule has 1 aromatic heterocycles. The number of nitrogens with zero attached hydrogens (tertiary/aromatic N) is 1. The Hall–Kier alpha value is -3.21. The second-order valence-corrected chi connectivity index (χ2v) is 8.35. The van der Waals surface area contributed by atoms with Gasteiger partial charge in [0.05, 0.1) is 5.60 Å². The topological polar surface area (TPSA) is 104 Å². The molecule has 1 aromatic carbocycles. The molecule has 0 saturated carbocycles. The third-order valence-corrected chi connectivity index (χ3v) is 5.91. The van der Waals surface area contributed by atoms with E-state index in [9.17, 15) is 27.2 Å². The Balaban J connectivity index is 2.04. The highest BCUT2D eigenvalue weighted by Crippen LogP contribution is 2.49. The van der Waals surface area contributed by atoms with E-state index in [1.54, 1.807) is 27.7 Å². The fourth-order valence-corrected chi connectivity index (χ4v) is 3.87. The normalized spacial score (nSPS) is 21.8. The van der Waals surface area contributed by atoms with Gasteiger partial charge in [0.25, 0.3) is 11.8 Å². The Kier molecular flexibility index (Phi) is 6.64. The Morgan fingerprint density at radius 3 is 2.55 bits per heavy atom. The van der Waals surface area contributed by atoms with Crippen molar-refractivity contribution in [3.8, 4) is 5.75 Å². The molecular weight excluding hydrogens is 446 g/mol. The fourth-order valence-electron chi connectivity index (χ4n) is 3.87. The van der Waals surface area contributed by atoms with Crippen molar-refractivity contribution in [1.82, 2.24) is 4.98 Å². The zero-order chi connectivity index (χ0) is 24.7.